The Bertz CT molecular complexity index is 700. The van der Waals surface area contributed by atoms with Crippen LogP contribution in [0.25, 0.3) is 0 Å². The molecule has 0 saturated carbocycles. The van der Waals surface area contributed by atoms with Crippen molar-refractivity contribution in [2.24, 2.45) is 5.92 Å². The van der Waals surface area contributed by atoms with Gasteiger partial charge in [0.25, 0.3) is 0 Å². The molecule has 4 rings (SSSR count). The molecule has 23 heavy (non-hydrogen) atoms. The number of benzene rings is 1. The molecule has 3 atom stereocenters. The zero-order valence-electron chi connectivity index (χ0n) is 12.7. The van der Waals surface area contributed by atoms with Crippen LogP contribution in [0, 0.1) is 11.7 Å². The normalized spacial score (nSPS) is 25.7. The fourth-order valence-electron chi connectivity index (χ4n) is 3.60. The van der Waals surface area contributed by atoms with Gasteiger partial charge < -0.3 is 14.1 Å². The maximum atomic E-state index is 13.6. The van der Waals surface area contributed by atoms with Crippen LogP contribution in [0.2, 0.25) is 0 Å². The Balaban J connectivity index is 1.63. The SMILES string of the molecule is O=C([C@@H]1C[C@H]2CC[C@H]1O2)N(Cc1ccco1)c1cccc(F)c1. The molecule has 2 fully saturated rings. The molecule has 4 nitrogen and oxygen atoms in total. The average Bonchev–Trinajstić information content (AvgIpc) is 3.29. The summed E-state index contributed by atoms with van der Waals surface area (Å²) in [5.41, 5.74) is 0.550. The number of hydrogen-bond donors (Lipinski definition) is 0. The minimum atomic E-state index is -0.357. The van der Waals surface area contributed by atoms with E-state index in [0.717, 1.165) is 19.3 Å². The van der Waals surface area contributed by atoms with Crippen LogP contribution < -0.4 is 4.90 Å². The molecule has 2 aromatic rings. The quantitative estimate of drug-likeness (QED) is 0.867. The highest BCUT2D eigenvalue weighted by Gasteiger charge is 2.46. The number of nitrogens with zero attached hydrogens (tertiary/aromatic N) is 1. The predicted octanol–water partition coefficient (Wildman–Crippen LogP) is 3.52. The van der Waals surface area contributed by atoms with E-state index < -0.39 is 0 Å². The average molecular weight is 315 g/mol. The lowest BCUT2D eigenvalue weighted by Crippen LogP contribution is -2.39. The molecule has 5 heteroatoms. The second-order valence-electron chi connectivity index (χ2n) is 6.20. The maximum Gasteiger partial charge on any atom is 0.233 e. The third-order valence-corrected chi connectivity index (χ3v) is 4.70. The number of carbonyl (C=O) groups is 1. The highest BCUT2D eigenvalue weighted by atomic mass is 19.1. The summed E-state index contributed by atoms with van der Waals surface area (Å²) in [7, 11) is 0. The van der Waals surface area contributed by atoms with E-state index in [0.29, 0.717) is 18.0 Å². The molecule has 2 bridgehead atoms. The zero-order valence-corrected chi connectivity index (χ0v) is 12.7. The number of halogens is 1. The monoisotopic (exact) mass is 315 g/mol. The standard InChI is InChI=1S/C18H18FNO3/c19-12-3-1-4-13(9-12)20(11-15-5-2-8-22-15)18(21)16-10-14-6-7-17(16)23-14/h1-5,8-9,14,16-17H,6-7,10-11H2/t14-,16-,17-/m1/s1. The van der Waals surface area contributed by atoms with E-state index in [-0.39, 0.29) is 29.9 Å². The van der Waals surface area contributed by atoms with Crippen molar-refractivity contribution in [3.63, 3.8) is 0 Å². The van der Waals surface area contributed by atoms with Crippen molar-refractivity contribution in [2.45, 2.75) is 38.0 Å². The van der Waals surface area contributed by atoms with E-state index in [9.17, 15) is 9.18 Å². The molecule has 2 saturated heterocycles. The first kappa shape index (κ1) is 14.5. The highest BCUT2D eigenvalue weighted by Crippen LogP contribution is 2.40. The summed E-state index contributed by atoms with van der Waals surface area (Å²) in [4.78, 5) is 14.7. The van der Waals surface area contributed by atoms with Crippen molar-refractivity contribution in [2.75, 3.05) is 4.90 Å². The first-order chi connectivity index (χ1) is 11.2. The molecular formula is C18H18FNO3. The van der Waals surface area contributed by atoms with Gasteiger partial charge in [0.15, 0.2) is 0 Å². The molecule has 0 N–H and O–H groups in total. The molecule has 2 aliphatic heterocycles. The van der Waals surface area contributed by atoms with Gasteiger partial charge in [-0.05, 0) is 49.6 Å². The largest absolute Gasteiger partial charge is 0.467 e. The Hall–Kier alpha value is -2.14. The van der Waals surface area contributed by atoms with Crippen LogP contribution in [-0.2, 0) is 16.1 Å². The minimum absolute atomic E-state index is 0.000148. The number of rotatable bonds is 4. The number of ether oxygens (including phenoxy) is 1. The third kappa shape index (κ3) is 2.77. The molecule has 1 aromatic carbocycles. The molecule has 3 heterocycles. The first-order valence-corrected chi connectivity index (χ1v) is 7.95. The van der Waals surface area contributed by atoms with E-state index in [4.69, 9.17) is 9.15 Å². The van der Waals surface area contributed by atoms with Gasteiger partial charge in [0.05, 0.1) is 30.9 Å². The molecule has 0 radical (unpaired) electrons. The van der Waals surface area contributed by atoms with Gasteiger partial charge in [-0.15, -0.1) is 0 Å². The lowest BCUT2D eigenvalue weighted by atomic mass is 9.88. The zero-order chi connectivity index (χ0) is 15.8. The fraction of sp³-hybridized carbons (Fsp3) is 0.389. The van der Waals surface area contributed by atoms with Gasteiger partial charge in [-0.2, -0.15) is 0 Å². The second-order valence-corrected chi connectivity index (χ2v) is 6.20. The van der Waals surface area contributed by atoms with Gasteiger partial charge in [-0.1, -0.05) is 6.07 Å². The molecule has 0 aliphatic carbocycles. The van der Waals surface area contributed by atoms with Crippen LogP contribution >= 0.6 is 0 Å². The number of carbonyl (C=O) groups excluding carboxylic acids is 1. The Morgan fingerprint density at radius 1 is 1.26 bits per heavy atom. The molecule has 120 valence electrons. The van der Waals surface area contributed by atoms with Gasteiger partial charge in [0.1, 0.15) is 11.6 Å². The summed E-state index contributed by atoms with van der Waals surface area (Å²) in [6.45, 7) is 0.295. The van der Waals surface area contributed by atoms with Crippen molar-refractivity contribution >= 4 is 11.6 Å². The van der Waals surface area contributed by atoms with Crippen LogP contribution in [0.5, 0.6) is 0 Å². The Morgan fingerprint density at radius 2 is 2.17 bits per heavy atom. The summed E-state index contributed by atoms with van der Waals surface area (Å²) in [5.74, 6) is 0.154. The van der Waals surface area contributed by atoms with E-state index in [1.165, 1.54) is 12.1 Å². The lowest BCUT2D eigenvalue weighted by molar-refractivity contribution is -0.124. The summed E-state index contributed by atoms with van der Waals surface area (Å²) in [6.07, 6.45) is 4.50. The van der Waals surface area contributed by atoms with E-state index in [2.05, 4.69) is 0 Å². The van der Waals surface area contributed by atoms with Crippen molar-refractivity contribution in [1.29, 1.82) is 0 Å². The van der Waals surface area contributed by atoms with Gasteiger partial charge >= 0.3 is 0 Å². The summed E-state index contributed by atoms with van der Waals surface area (Å²) in [5, 5.41) is 0. The number of hydrogen-bond acceptors (Lipinski definition) is 3. The van der Waals surface area contributed by atoms with Crippen molar-refractivity contribution in [3.05, 3.63) is 54.2 Å². The Morgan fingerprint density at radius 3 is 2.83 bits per heavy atom. The van der Waals surface area contributed by atoms with E-state index >= 15 is 0 Å². The topological polar surface area (TPSA) is 42.7 Å². The minimum Gasteiger partial charge on any atom is -0.467 e. The predicted molar refractivity (Wildman–Crippen MR) is 82.3 cm³/mol. The van der Waals surface area contributed by atoms with Gasteiger partial charge in [0.2, 0.25) is 5.91 Å². The van der Waals surface area contributed by atoms with Crippen LogP contribution in [0.4, 0.5) is 10.1 Å². The van der Waals surface area contributed by atoms with Crippen molar-refractivity contribution in [3.8, 4) is 0 Å². The third-order valence-electron chi connectivity index (χ3n) is 4.70. The molecule has 1 aromatic heterocycles. The highest BCUT2D eigenvalue weighted by molar-refractivity contribution is 5.95. The van der Waals surface area contributed by atoms with Gasteiger partial charge in [0, 0.05) is 5.69 Å². The van der Waals surface area contributed by atoms with Gasteiger partial charge in [-0.25, -0.2) is 4.39 Å². The molecule has 0 unspecified atom stereocenters. The summed E-state index contributed by atoms with van der Waals surface area (Å²) < 4.78 is 24.8. The molecule has 1 amide bonds. The molecular weight excluding hydrogens is 297 g/mol. The van der Waals surface area contributed by atoms with Gasteiger partial charge in [-0.3, -0.25) is 4.79 Å². The smallest absolute Gasteiger partial charge is 0.233 e. The van der Waals surface area contributed by atoms with Crippen molar-refractivity contribution in [1.82, 2.24) is 0 Å². The van der Waals surface area contributed by atoms with Crippen molar-refractivity contribution < 1.29 is 18.3 Å². The van der Waals surface area contributed by atoms with Crippen LogP contribution in [0.15, 0.2) is 47.1 Å². The number of amides is 1. The number of anilines is 1. The van der Waals surface area contributed by atoms with Crippen LogP contribution in [0.1, 0.15) is 25.0 Å². The first-order valence-electron chi connectivity index (χ1n) is 7.95. The van der Waals surface area contributed by atoms with E-state index in [1.807, 2.05) is 6.07 Å². The van der Waals surface area contributed by atoms with E-state index in [1.54, 1.807) is 29.4 Å². The maximum absolute atomic E-state index is 13.6. The Kier molecular flexibility index (Phi) is 3.65. The fourth-order valence-corrected chi connectivity index (χ4v) is 3.60. The lowest BCUT2D eigenvalue weighted by Gasteiger charge is -2.27. The summed E-state index contributed by atoms with van der Waals surface area (Å²) >= 11 is 0. The molecule has 0 spiro atoms. The second kappa shape index (κ2) is 5.81. The number of furan rings is 1. The van der Waals surface area contributed by atoms with Crippen LogP contribution in [0.3, 0.4) is 0 Å². The summed E-state index contributed by atoms with van der Waals surface area (Å²) in [6, 6.07) is 9.72. The van der Waals surface area contributed by atoms with Crippen LogP contribution in [-0.4, -0.2) is 18.1 Å². The Labute approximate surface area is 133 Å². The molecule has 2 aliphatic rings. The number of fused-ring (bicyclic) bond motifs is 2.